The molecule has 0 aliphatic heterocycles. The highest BCUT2D eigenvalue weighted by atomic mass is 16.5. The van der Waals surface area contributed by atoms with Gasteiger partial charge in [0.2, 0.25) is 0 Å². The van der Waals surface area contributed by atoms with E-state index in [-0.39, 0.29) is 11.3 Å². The molecule has 6 heteroatoms. The van der Waals surface area contributed by atoms with Gasteiger partial charge in [-0.1, -0.05) is 13.3 Å². The van der Waals surface area contributed by atoms with Crippen molar-refractivity contribution in [1.82, 2.24) is 4.57 Å². The van der Waals surface area contributed by atoms with E-state index in [1.54, 1.807) is 16.7 Å². The molecule has 0 radical (unpaired) electrons. The molecule has 0 aliphatic carbocycles. The summed E-state index contributed by atoms with van der Waals surface area (Å²) in [4.78, 5) is 24.4. The molecule has 6 nitrogen and oxygen atoms in total. The molecule has 0 bridgehead atoms. The maximum Gasteiger partial charge on any atom is 0.355 e. The van der Waals surface area contributed by atoms with Gasteiger partial charge in [-0.15, -0.1) is 0 Å². The molecular weight excluding hydrogens is 310 g/mol. The van der Waals surface area contributed by atoms with Gasteiger partial charge in [0.25, 0.3) is 0 Å². The molecule has 0 amide bonds. The van der Waals surface area contributed by atoms with Crippen molar-refractivity contribution in [3.05, 3.63) is 29.5 Å². The summed E-state index contributed by atoms with van der Waals surface area (Å²) in [5, 5.41) is 0.645. The Bertz CT molecular complexity index is 747. The molecule has 0 unspecified atom stereocenters. The van der Waals surface area contributed by atoms with Crippen molar-refractivity contribution in [3.8, 4) is 5.75 Å². The Morgan fingerprint density at radius 2 is 1.79 bits per heavy atom. The van der Waals surface area contributed by atoms with Gasteiger partial charge in [-0.3, -0.25) is 0 Å². The standard InChI is InChI=1S/C18H23NO5/c1-5-7-10-24-12-8-9-13-14(11-12)19(6-2)16(18(21)23-4)15(13)17(20)22-3/h8-9,11H,5-7,10H2,1-4H3. The smallest absolute Gasteiger partial charge is 0.355 e. The van der Waals surface area contributed by atoms with Crippen LogP contribution in [0.2, 0.25) is 0 Å². The Labute approximate surface area is 141 Å². The third-order valence-corrected chi connectivity index (χ3v) is 3.89. The summed E-state index contributed by atoms with van der Waals surface area (Å²) in [6, 6.07) is 5.42. The highest BCUT2D eigenvalue weighted by Crippen LogP contribution is 2.31. The number of nitrogens with zero attached hydrogens (tertiary/aromatic N) is 1. The summed E-state index contributed by atoms with van der Waals surface area (Å²) in [6.45, 7) is 5.14. The zero-order valence-corrected chi connectivity index (χ0v) is 14.5. The molecule has 1 heterocycles. The molecule has 0 aliphatic rings. The van der Waals surface area contributed by atoms with Crippen LogP contribution in [0.25, 0.3) is 10.9 Å². The summed E-state index contributed by atoms with van der Waals surface area (Å²) in [6.07, 6.45) is 2.01. The normalized spacial score (nSPS) is 10.7. The van der Waals surface area contributed by atoms with Gasteiger partial charge in [0.1, 0.15) is 17.0 Å². The molecule has 0 N–H and O–H groups in total. The van der Waals surface area contributed by atoms with E-state index in [9.17, 15) is 9.59 Å². The van der Waals surface area contributed by atoms with Crippen molar-refractivity contribution in [3.63, 3.8) is 0 Å². The molecule has 1 aromatic carbocycles. The van der Waals surface area contributed by atoms with E-state index in [1.165, 1.54) is 14.2 Å². The Hall–Kier alpha value is -2.50. The van der Waals surface area contributed by atoms with E-state index in [0.717, 1.165) is 18.4 Å². The predicted octanol–water partition coefficient (Wildman–Crippen LogP) is 3.41. The summed E-state index contributed by atoms with van der Waals surface area (Å²) in [5.41, 5.74) is 1.17. The molecule has 2 rings (SSSR count). The Morgan fingerprint density at radius 1 is 1.08 bits per heavy atom. The minimum atomic E-state index is -0.568. The van der Waals surface area contributed by atoms with Gasteiger partial charge < -0.3 is 18.8 Å². The van der Waals surface area contributed by atoms with Crippen molar-refractivity contribution in [1.29, 1.82) is 0 Å². The Balaban J connectivity index is 2.64. The summed E-state index contributed by atoms with van der Waals surface area (Å²) in [5.74, 6) is -0.426. The number of unbranched alkanes of at least 4 members (excludes halogenated alkanes) is 1. The monoisotopic (exact) mass is 333 g/mol. The first-order chi connectivity index (χ1) is 11.6. The lowest BCUT2D eigenvalue weighted by molar-refractivity contribution is 0.0548. The third kappa shape index (κ3) is 3.22. The molecule has 24 heavy (non-hydrogen) atoms. The van der Waals surface area contributed by atoms with Crippen molar-refractivity contribution in [2.45, 2.75) is 33.2 Å². The van der Waals surface area contributed by atoms with Crippen LogP contribution in [0.15, 0.2) is 18.2 Å². The zero-order valence-electron chi connectivity index (χ0n) is 14.5. The van der Waals surface area contributed by atoms with Crippen molar-refractivity contribution < 1.29 is 23.8 Å². The summed E-state index contributed by atoms with van der Waals surface area (Å²) >= 11 is 0. The van der Waals surface area contributed by atoms with Gasteiger partial charge in [0, 0.05) is 18.0 Å². The number of hydrogen-bond donors (Lipinski definition) is 0. The highest BCUT2D eigenvalue weighted by molar-refractivity contribution is 6.13. The van der Waals surface area contributed by atoms with Crippen LogP contribution < -0.4 is 4.74 Å². The lowest BCUT2D eigenvalue weighted by Gasteiger charge is -2.08. The number of methoxy groups -OCH3 is 2. The number of benzene rings is 1. The van der Waals surface area contributed by atoms with Gasteiger partial charge in [-0.2, -0.15) is 0 Å². The van der Waals surface area contributed by atoms with Crippen LogP contribution in [0.5, 0.6) is 5.75 Å². The number of carbonyl (C=O) groups excluding carboxylic acids is 2. The van der Waals surface area contributed by atoms with E-state index < -0.39 is 11.9 Å². The van der Waals surface area contributed by atoms with Gasteiger partial charge in [-0.25, -0.2) is 9.59 Å². The van der Waals surface area contributed by atoms with E-state index in [2.05, 4.69) is 6.92 Å². The van der Waals surface area contributed by atoms with Crippen LogP contribution in [-0.4, -0.2) is 37.3 Å². The fourth-order valence-electron chi connectivity index (χ4n) is 2.70. The molecule has 1 aromatic heterocycles. The lowest BCUT2D eigenvalue weighted by atomic mass is 10.1. The largest absolute Gasteiger partial charge is 0.494 e. The first-order valence-electron chi connectivity index (χ1n) is 8.04. The molecule has 0 saturated heterocycles. The number of carbonyl (C=O) groups is 2. The fourth-order valence-corrected chi connectivity index (χ4v) is 2.70. The summed E-state index contributed by atoms with van der Waals surface area (Å²) < 4.78 is 17.2. The Kier molecular flexibility index (Phi) is 5.84. The Morgan fingerprint density at radius 3 is 2.38 bits per heavy atom. The number of fused-ring (bicyclic) bond motifs is 1. The fraction of sp³-hybridized carbons (Fsp3) is 0.444. The molecule has 0 atom stereocenters. The predicted molar refractivity (Wildman–Crippen MR) is 90.7 cm³/mol. The van der Waals surface area contributed by atoms with Crippen LogP contribution in [0.1, 0.15) is 47.5 Å². The van der Waals surface area contributed by atoms with Crippen molar-refractivity contribution in [2.75, 3.05) is 20.8 Å². The van der Waals surface area contributed by atoms with Gasteiger partial charge in [0.15, 0.2) is 0 Å². The molecule has 0 fully saturated rings. The first kappa shape index (κ1) is 17.8. The van der Waals surface area contributed by atoms with Crippen LogP contribution in [0.4, 0.5) is 0 Å². The van der Waals surface area contributed by atoms with Crippen LogP contribution >= 0.6 is 0 Å². The average molecular weight is 333 g/mol. The van der Waals surface area contributed by atoms with E-state index in [4.69, 9.17) is 14.2 Å². The maximum atomic E-state index is 12.2. The van der Waals surface area contributed by atoms with Gasteiger partial charge in [0.05, 0.1) is 26.3 Å². The zero-order chi connectivity index (χ0) is 17.7. The van der Waals surface area contributed by atoms with Gasteiger partial charge in [-0.05, 0) is 25.5 Å². The highest BCUT2D eigenvalue weighted by Gasteiger charge is 2.28. The topological polar surface area (TPSA) is 66.8 Å². The van der Waals surface area contributed by atoms with Crippen LogP contribution in [0, 0.1) is 0 Å². The number of esters is 2. The molecular formula is C18H23NO5. The quantitative estimate of drug-likeness (QED) is 0.574. The van der Waals surface area contributed by atoms with Gasteiger partial charge >= 0.3 is 11.9 Å². The second-order valence-electron chi connectivity index (χ2n) is 5.33. The van der Waals surface area contributed by atoms with Crippen molar-refractivity contribution >= 4 is 22.8 Å². The lowest BCUT2D eigenvalue weighted by Crippen LogP contribution is -2.15. The minimum absolute atomic E-state index is 0.201. The second-order valence-corrected chi connectivity index (χ2v) is 5.33. The molecule has 0 spiro atoms. The maximum absolute atomic E-state index is 12.2. The molecule has 0 saturated carbocycles. The van der Waals surface area contributed by atoms with E-state index in [1.807, 2.05) is 13.0 Å². The average Bonchev–Trinajstić information content (AvgIpc) is 2.94. The molecule has 2 aromatic rings. The number of ether oxygens (including phenoxy) is 3. The van der Waals surface area contributed by atoms with E-state index in [0.29, 0.717) is 24.3 Å². The number of aromatic nitrogens is 1. The van der Waals surface area contributed by atoms with E-state index >= 15 is 0 Å². The second kappa shape index (κ2) is 7.86. The molecule has 130 valence electrons. The van der Waals surface area contributed by atoms with Crippen LogP contribution in [-0.2, 0) is 16.0 Å². The number of rotatable bonds is 7. The first-order valence-corrected chi connectivity index (χ1v) is 8.04. The SMILES string of the molecule is CCCCOc1ccc2c(C(=O)OC)c(C(=O)OC)n(CC)c2c1. The minimum Gasteiger partial charge on any atom is -0.494 e. The third-order valence-electron chi connectivity index (χ3n) is 3.89. The van der Waals surface area contributed by atoms with Crippen molar-refractivity contribution in [2.24, 2.45) is 0 Å². The summed E-state index contributed by atoms with van der Waals surface area (Å²) in [7, 11) is 2.58. The number of hydrogen-bond acceptors (Lipinski definition) is 5. The number of aryl methyl sites for hydroxylation is 1. The van der Waals surface area contributed by atoms with Crippen LogP contribution in [0.3, 0.4) is 0 Å².